The van der Waals surface area contributed by atoms with E-state index in [-0.39, 0.29) is 0 Å². The van der Waals surface area contributed by atoms with E-state index in [0.29, 0.717) is 11.6 Å². The summed E-state index contributed by atoms with van der Waals surface area (Å²) in [5.41, 5.74) is 31.2. The first kappa shape index (κ1) is 63.6. The second-order valence-corrected chi connectivity index (χ2v) is 27.2. The molecule has 0 spiro atoms. The van der Waals surface area contributed by atoms with Gasteiger partial charge in [-0.25, -0.2) is 19.9 Å². The quantitative estimate of drug-likeness (QED) is 0.0905. The molecule has 0 N–H and O–H groups in total. The number of hydrogen-bond donors (Lipinski definition) is 0. The second kappa shape index (κ2) is 27.1. The summed E-state index contributed by atoms with van der Waals surface area (Å²) in [6.45, 7) is 7.18. The van der Waals surface area contributed by atoms with Crippen molar-refractivity contribution in [1.82, 2.24) is 19.9 Å². The summed E-state index contributed by atoms with van der Waals surface area (Å²) < 4.78 is 0. The van der Waals surface area contributed by atoms with Gasteiger partial charge in [-0.3, -0.25) is 0 Å². The molecule has 494 valence electrons. The van der Waals surface area contributed by atoms with E-state index in [2.05, 4.69) is 377 Å². The summed E-state index contributed by atoms with van der Waals surface area (Å²) in [5, 5.41) is 0. The molecule has 0 amide bonds. The summed E-state index contributed by atoms with van der Waals surface area (Å²) in [6.07, 6.45) is 6.86. The van der Waals surface area contributed by atoms with Gasteiger partial charge < -0.3 is 0 Å². The van der Waals surface area contributed by atoms with Crippen molar-refractivity contribution in [3.8, 4) is 123 Å². The van der Waals surface area contributed by atoms with Crippen molar-refractivity contribution in [1.29, 1.82) is 0 Å². The highest BCUT2D eigenvalue weighted by atomic mass is 14.9. The van der Waals surface area contributed by atoms with Gasteiger partial charge in [0.15, 0.2) is 11.6 Å². The average Bonchev–Trinajstić information content (AvgIpc) is 1.55. The molecule has 2 aliphatic carbocycles. The molecule has 0 aliphatic heterocycles. The Kier molecular flexibility index (Phi) is 16.4. The summed E-state index contributed by atoms with van der Waals surface area (Å²) in [7, 11) is 0. The van der Waals surface area contributed by atoms with E-state index in [9.17, 15) is 0 Å². The molecule has 0 saturated carbocycles. The van der Waals surface area contributed by atoms with Crippen LogP contribution in [-0.2, 0) is 10.8 Å². The van der Waals surface area contributed by atoms with Gasteiger partial charge in [0.2, 0.25) is 0 Å². The predicted octanol–water partition coefficient (Wildman–Crippen LogP) is 25.2. The molecule has 4 heteroatoms. The molecule has 0 saturated heterocycles. The van der Waals surface area contributed by atoms with Gasteiger partial charge in [0.1, 0.15) is 0 Å². The maximum absolute atomic E-state index is 5.25. The van der Waals surface area contributed by atoms with Crippen LogP contribution in [0.3, 0.4) is 0 Å². The zero-order valence-electron chi connectivity index (χ0n) is 58.0. The van der Waals surface area contributed by atoms with Crippen molar-refractivity contribution in [3.05, 3.63) is 451 Å². The molecule has 2 heterocycles. The zero-order valence-corrected chi connectivity index (χ0v) is 58.0. The van der Waals surface area contributed by atoms with Crippen LogP contribution < -0.4 is 0 Å². The molecule has 16 aromatic rings. The standard InChI is InChI=1S/C101H70N4/c1-3-82(100(83-40-19-8-20-41-83)90-48-27-25-46-86(90)88-58-55-77(65-93(88)100)75-38-29-39-78(60-75)99-104-96(72-34-15-6-16-35-72)67-97(105-99)73-36-17-7-18-37-73)57-50-68(2)79-61-80(69-51-53-74(54-52-69)98-102-94(70-30-11-4-12-31-70)66-95(103-98)71-32-13-5-14-33-71)63-81(62-79)76-56-59-92-89(64-76)87-47-26-28-49-91(87)101(92,84-42-21-9-22-43-84)85-44-23-10-24-45-85/h3-67H,2H2,1H3/b57-50-,82-3+. The van der Waals surface area contributed by atoms with Gasteiger partial charge in [0.05, 0.1) is 33.6 Å². The Morgan fingerprint density at radius 2 is 0.629 bits per heavy atom. The van der Waals surface area contributed by atoms with E-state index in [1.807, 2.05) is 24.3 Å². The molecule has 0 radical (unpaired) electrons. The van der Waals surface area contributed by atoms with Gasteiger partial charge in [-0.15, -0.1) is 0 Å². The Balaban J connectivity index is 0.761. The van der Waals surface area contributed by atoms with Crippen LogP contribution in [0, 0.1) is 0 Å². The van der Waals surface area contributed by atoms with Gasteiger partial charge in [-0.05, 0) is 167 Å². The number of rotatable bonds is 16. The third-order valence-electron chi connectivity index (χ3n) is 21.2. The highest BCUT2D eigenvalue weighted by Gasteiger charge is 2.48. The van der Waals surface area contributed by atoms with Crippen molar-refractivity contribution in [2.24, 2.45) is 0 Å². The molecule has 105 heavy (non-hydrogen) atoms. The number of hydrogen-bond acceptors (Lipinski definition) is 4. The minimum absolute atomic E-state index is 0.527. The normalized spacial score (nSPS) is 13.9. The fraction of sp³-hybridized carbons (Fsp3) is 0.0297. The molecule has 1 unspecified atom stereocenters. The van der Waals surface area contributed by atoms with Crippen LogP contribution in [0.25, 0.3) is 129 Å². The van der Waals surface area contributed by atoms with Crippen molar-refractivity contribution in [2.45, 2.75) is 17.8 Å². The first-order valence-corrected chi connectivity index (χ1v) is 36.0. The molecule has 14 aromatic carbocycles. The Labute approximate surface area is 613 Å². The smallest absolute Gasteiger partial charge is 0.160 e. The lowest BCUT2D eigenvalue weighted by atomic mass is 9.66. The van der Waals surface area contributed by atoms with E-state index in [1.165, 1.54) is 61.2 Å². The van der Waals surface area contributed by atoms with Gasteiger partial charge >= 0.3 is 0 Å². The van der Waals surface area contributed by atoms with Crippen LogP contribution in [-0.4, -0.2) is 19.9 Å². The summed E-state index contributed by atoms with van der Waals surface area (Å²) in [6, 6.07) is 135. The minimum Gasteiger partial charge on any atom is -0.228 e. The number of fused-ring (bicyclic) bond motifs is 6. The lowest BCUT2D eigenvalue weighted by Gasteiger charge is -2.35. The highest BCUT2D eigenvalue weighted by molar-refractivity contribution is 5.93. The minimum atomic E-state index is -0.722. The molecule has 0 bridgehead atoms. The van der Waals surface area contributed by atoms with E-state index in [4.69, 9.17) is 26.5 Å². The van der Waals surface area contributed by atoms with Crippen LogP contribution in [0.2, 0.25) is 0 Å². The van der Waals surface area contributed by atoms with E-state index in [1.54, 1.807) is 0 Å². The van der Waals surface area contributed by atoms with Crippen molar-refractivity contribution >= 4 is 5.57 Å². The lowest BCUT2D eigenvalue weighted by molar-refractivity contribution is 0.765. The predicted molar refractivity (Wildman–Crippen MR) is 434 cm³/mol. The van der Waals surface area contributed by atoms with E-state index < -0.39 is 10.8 Å². The van der Waals surface area contributed by atoms with Crippen LogP contribution in [0.4, 0.5) is 0 Å². The first-order valence-electron chi connectivity index (χ1n) is 36.0. The highest BCUT2D eigenvalue weighted by Crippen LogP contribution is 2.59. The third kappa shape index (κ3) is 11.4. The summed E-state index contributed by atoms with van der Waals surface area (Å²) in [5.74, 6) is 1.33. The largest absolute Gasteiger partial charge is 0.228 e. The third-order valence-corrected chi connectivity index (χ3v) is 21.2. The molecule has 2 aromatic heterocycles. The van der Waals surface area contributed by atoms with E-state index in [0.717, 1.165) is 106 Å². The van der Waals surface area contributed by atoms with Crippen molar-refractivity contribution in [3.63, 3.8) is 0 Å². The van der Waals surface area contributed by atoms with Gasteiger partial charge in [-0.2, -0.15) is 0 Å². The molecule has 1 atom stereocenters. The molecular weight excluding hydrogens is 1270 g/mol. The van der Waals surface area contributed by atoms with Crippen LogP contribution in [0.1, 0.15) is 51.4 Å². The Bertz CT molecular complexity index is 5860. The lowest BCUT2D eigenvalue weighted by Crippen LogP contribution is -2.29. The second-order valence-electron chi connectivity index (χ2n) is 27.2. The van der Waals surface area contributed by atoms with Crippen LogP contribution in [0.5, 0.6) is 0 Å². The number of allylic oxidation sites excluding steroid dienone is 5. The number of aromatic nitrogens is 4. The molecule has 2 aliphatic rings. The topological polar surface area (TPSA) is 51.6 Å². The fourth-order valence-corrected chi connectivity index (χ4v) is 16.3. The number of nitrogens with zero attached hydrogens (tertiary/aromatic N) is 4. The average molecular weight is 1340 g/mol. The van der Waals surface area contributed by atoms with Crippen molar-refractivity contribution in [2.75, 3.05) is 0 Å². The SMILES string of the molecule is C=C(/C=C\C(=C/C)C1(c2ccccc2)c2ccccc2-c2ccc(-c3cccc(-c4nc(-c5ccccc5)cc(-c5ccccc5)n4)c3)cc21)c1cc(-c2ccc(-c3nc(-c4ccccc4)cc(-c4ccccc4)n3)cc2)cc(-c2ccc3c(c2)-c2ccccc2C3(c2ccccc2)c2ccccc2)c1. The molecule has 0 fully saturated rings. The Morgan fingerprint density at radius 1 is 0.257 bits per heavy atom. The van der Waals surface area contributed by atoms with Crippen LogP contribution in [0.15, 0.2) is 406 Å². The summed E-state index contributed by atoms with van der Waals surface area (Å²) in [4.78, 5) is 20.9. The van der Waals surface area contributed by atoms with Gasteiger partial charge in [-0.1, -0.05) is 352 Å². The Morgan fingerprint density at radius 3 is 1.16 bits per heavy atom. The van der Waals surface area contributed by atoms with Crippen molar-refractivity contribution < 1.29 is 0 Å². The summed E-state index contributed by atoms with van der Waals surface area (Å²) >= 11 is 0. The van der Waals surface area contributed by atoms with Gasteiger partial charge in [0.25, 0.3) is 0 Å². The molecule has 18 rings (SSSR count). The maximum atomic E-state index is 5.25. The molecular formula is C101H70N4. The van der Waals surface area contributed by atoms with Gasteiger partial charge in [0, 0.05) is 33.4 Å². The fourth-order valence-electron chi connectivity index (χ4n) is 16.3. The number of benzene rings is 14. The Hall–Kier alpha value is -13.5. The maximum Gasteiger partial charge on any atom is 0.160 e. The van der Waals surface area contributed by atoms with Crippen LogP contribution >= 0.6 is 0 Å². The first-order chi connectivity index (χ1) is 51.9. The monoisotopic (exact) mass is 1340 g/mol. The zero-order chi connectivity index (χ0) is 70.3. The van der Waals surface area contributed by atoms with E-state index >= 15 is 0 Å². The molecule has 4 nitrogen and oxygen atoms in total.